The molecule has 0 aromatic carbocycles. The highest BCUT2D eigenvalue weighted by molar-refractivity contribution is 7.90. The molecule has 6 nitrogen and oxygen atoms in total. The highest BCUT2D eigenvalue weighted by atomic mass is 32.2. The van der Waals surface area contributed by atoms with Crippen LogP contribution in [0.2, 0.25) is 0 Å². The SMILES string of the molecule is CCCCCCCCCCC/C(=C/CS(=O)(=O)O)S(=O)(=O)O. The van der Waals surface area contributed by atoms with E-state index in [0.717, 1.165) is 25.3 Å². The zero-order chi connectivity index (χ0) is 17.1. The van der Waals surface area contributed by atoms with Crippen LogP contribution in [-0.4, -0.2) is 31.7 Å². The molecule has 0 aliphatic heterocycles. The third-order valence-corrected chi connectivity index (χ3v) is 5.00. The summed E-state index contributed by atoms with van der Waals surface area (Å²) < 4.78 is 61.1. The first kappa shape index (κ1) is 21.6. The molecule has 2 N–H and O–H groups in total. The quantitative estimate of drug-likeness (QED) is 0.386. The summed E-state index contributed by atoms with van der Waals surface area (Å²) in [6.07, 6.45) is 10.5. The topological polar surface area (TPSA) is 109 Å². The van der Waals surface area contributed by atoms with Gasteiger partial charge in [-0.25, -0.2) is 0 Å². The molecular weight excluding hydrogens is 328 g/mol. The monoisotopic (exact) mass is 356 g/mol. The fourth-order valence-corrected chi connectivity index (χ4v) is 3.36. The summed E-state index contributed by atoms with van der Waals surface area (Å²) in [5, 5.41) is 0. The van der Waals surface area contributed by atoms with E-state index in [0.29, 0.717) is 6.42 Å². The van der Waals surface area contributed by atoms with Crippen LogP contribution in [0.1, 0.15) is 71.1 Å². The molecule has 0 heterocycles. The second kappa shape index (κ2) is 11.2. The molecule has 0 amide bonds. The van der Waals surface area contributed by atoms with Crippen molar-refractivity contribution in [1.82, 2.24) is 0 Å². The van der Waals surface area contributed by atoms with E-state index in [4.69, 9.17) is 9.11 Å². The zero-order valence-corrected chi connectivity index (χ0v) is 14.8. The van der Waals surface area contributed by atoms with Crippen molar-refractivity contribution in [2.24, 2.45) is 0 Å². The minimum atomic E-state index is -4.41. The number of rotatable bonds is 13. The molecule has 0 aliphatic rings. The van der Waals surface area contributed by atoms with Crippen molar-refractivity contribution in [3.63, 3.8) is 0 Å². The van der Waals surface area contributed by atoms with Gasteiger partial charge in [0.15, 0.2) is 0 Å². The van der Waals surface area contributed by atoms with E-state index >= 15 is 0 Å². The molecule has 0 spiro atoms. The predicted octanol–water partition coefficient (Wildman–Crippen LogP) is 3.57. The Kier molecular flexibility index (Phi) is 10.9. The largest absolute Gasteiger partial charge is 0.290 e. The second-order valence-electron chi connectivity index (χ2n) is 5.47. The molecule has 0 saturated heterocycles. The number of allylic oxidation sites excluding steroid dienone is 1. The summed E-state index contributed by atoms with van der Waals surface area (Å²) in [6, 6.07) is 0. The van der Waals surface area contributed by atoms with E-state index in [-0.39, 0.29) is 11.3 Å². The molecule has 22 heavy (non-hydrogen) atoms. The Bertz CT molecular complexity index is 520. The van der Waals surface area contributed by atoms with E-state index < -0.39 is 26.0 Å². The van der Waals surface area contributed by atoms with Gasteiger partial charge in [-0.05, 0) is 12.8 Å². The molecule has 0 aromatic rings. The Balaban J connectivity index is 4.02. The lowest BCUT2D eigenvalue weighted by Gasteiger charge is -2.05. The van der Waals surface area contributed by atoms with Crippen molar-refractivity contribution < 1.29 is 25.9 Å². The molecule has 0 aromatic heterocycles. The molecular formula is C14H28O6S2. The normalized spacial score (nSPS) is 13.5. The Morgan fingerprint density at radius 2 is 1.27 bits per heavy atom. The van der Waals surface area contributed by atoms with Crippen molar-refractivity contribution >= 4 is 20.2 Å². The second-order valence-corrected chi connectivity index (χ2v) is 8.44. The molecule has 0 unspecified atom stereocenters. The van der Waals surface area contributed by atoms with Gasteiger partial charge in [-0.3, -0.25) is 9.11 Å². The zero-order valence-electron chi connectivity index (χ0n) is 13.2. The summed E-state index contributed by atoms with van der Waals surface area (Å²) in [4.78, 5) is -0.340. The molecule has 8 heteroatoms. The first-order chi connectivity index (χ1) is 10.2. The van der Waals surface area contributed by atoms with Gasteiger partial charge < -0.3 is 0 Å². The lowest BCUT2D eigenvalue weighted by Crippen LogP contribution is -2.07. The van der Waals surface area contributed by atoms with Crippen LogP contribution in [-0.2, 0) is 20.2 Å². The minimum Gasteiger partial charge on any atom is -0.285 e. The maximum Gasteiger partial charge on any atom is 0.290 e. The van der Waals surface area contributed by atoms with E-state index in [9.17, 15) is 16.8 Å². The summed E-state index contributed by atoms with van der Waals surface area (Å²) in [5.74, 6) is -0.806. The van der Waals surface area contributed by atoms with Gasteiger partial charge in [0.2, 0.25) is 0 Å². The van der Waals surface area contributed by atoms with Crippen LogP contribution >= 0.6 is 0 Å². The van der Waals surface area contributed by atoms with E-state index in [1.165, 1.54) is 32.1 Å². The van der Waals surface area contributed by atoms with Crippen molar-refractivity contribution in [1.29, 1.82) is 0 Å². The van der Waals surface area contributed by atoms with Crippen LogP contribution in [0.15, 0.2) is 11.0 Å². The summed E-state index contributed by atoms with van der Waals surface area (Å²) in [7, 11) is -8.69. The van der Waals surface area contributed by atoms with Gasteiger partial charge in [0.1, 0.15) is 0 Å². The van der Waals surface area contributed by atoms with Crippen molar-refractivity contribution in [3.8, 4) is 0 Å². The summed E-state index contributed by atoms with van der Waals surface area (Å²) in [6.45, 7) is 2.17. The first-order valence-electron chi connectivity index (χ1n) is 7.78. The lowest BCUT2D eigenvalue weighted by molar-refractivity contribution is 0.486. The lowest BCUT2D eigenvalue weighted by atomic mass is 10.1. The maximum absolute atomic E-state index is 11.1. The van der Waals surface area contributed by atoms with Crippen LogP contribution in [0.25, 0.3) is 0 Å². The van der Waals surface area contributed by atoms with E-state index in [2.05, 4.69) is 6.92 Å². The van der Waals surface area contributed by atoms with Gasteiger partial charge in [0.05, 0.1) is 10.7 Å². The van der Waals surface area contributed by atoms with Crippen LogP contribution in [0.5, 0.6) is 0 Å². The standard InChI is InChI=1S/C14H28O6S2/c1-2-3-4-5-6-7-8-9-10-11-14(22(18,19)20)12-13-21(15,16)17/h12H,2-11,13H2,1H3,(H,15,16,17)(H,18,19,20)/b14-12-. The molecule has 0 radical (unpaired) electrons. The van der Waals surface area contributed by atoms with Crippen molar-refractivity contribution in [2.75, 3.05) is 5.75 Å². The molecule has 0 saturated carbocycles. The third-order valence-electron chi connectivity index (χ3n) is 3.38. The van der Waals surface area contributed by atoms with Gasteiger partial charge in [-0.15, -0.1) is 0 Å². The smallest absolute Gasteiger partial charge is 0.285 e. The fourth-order valence-electron chi connectivity index (χ4n) is 2.14. The van der Waals surface area contributed by atoms with Gasteiger partial charge in [0.25, 0.3) is 20.2 Å². The average Bonchev–Trinajstić information content (AvgIpc) is 2.37. The van der Waals surface area contributed by atoms with Crippen LogP contribution in [0.3, 0.4) is 0 Å². The van der Waals surface area contributed by atoms with Gasteiger partial charge in [0, 0.05) is 0 Å². The van der Waals surface area contributed by atoms with Crippen LogP contribution in [0.4, 0.5) is 0 Å². The Hall–Kier alpha value is -0.440. The fraction of sp³-hybridized carbons (Fsp3) is 0.857. The van der Waals surface area contributed by atoms with Gasteiger partial charge in [-0.2, -0.15) is 16.8 Å². The van der Waals surface area contributed by atoms with E-state index in [1.807, 2.05) is 0 Å². The molecule has 0 fully saturated rings. The minimum absolute atomic E-state index is 0.0875. The predicted molar refractivity (Wildman–Crippen MR) is 87.9 cm³/mol. The molecule has 0 rings (SSSR count). The van der Waals surface area contributed by atoms with Crippen LogP contribution in [0, 0.1) is 0 Å². The van der Waals surface area contributed by atoms with Gasteiger partial charge in [-0.1, -0.05) is 64.4 Å². The molecule has 0 bridgehead atoms. The number of hydrogen-bond donors (Lipinski definition) is 2. The molecule has 132 valence electrons. The Morgan fingerprint density at radius 3 is 1.68 bits per heavy atom. The number of unbranched alkanes of at least 4 members (excludes halogenated alkanes) is 8. The highest BCUT2D eigenvalue weighted by Gasteiger charge is 2.14. The number of hydrogen-bond acceptors (Lipinski definition) is 4. The average molecular weight is 357 g/mol. The van der Waals surface area contributed by atoms with Crippen molar-refractivity contribution in [3.05, 3.63) is 11.0 Å². The molecule has 0 aliphatic carbocycles. The maximum atomic E-state index is 11.1. The van der Waals surface area contributed by atoms with E-state index in [1.54, 1.807) is 0 Å². The Morgan fingerprint density at radius 1 is 0.818 bits per heavy atom. The molecule has 0 atom stereocenters. The van der Waals surface area contributed by atoms with Crippen molar-refractivity contribution in [2.45, 2.75) is 71.1 Å². The summed E-state index contributed by atoms with van der Waals surface area (Å²) in [5.41, 5.74) is 0. The first-order valence-corrected chi connectivity index (χ1v) is 10.8. The van der Waals surface area contributed by atoms with Gasteiger partial charge >= 0.3 is 0 Å². The Labute approximate surface area is 134 Å². The van der Waals surface area contributed by atoms with Crippen LogP contribution < -0.4 is 0 Å². The highest BCUT2D eigenvalue weighted by Crippen LogP contribution is 2.16. The summed E-state index contributed by atoms with van der Waals surface area (Å²) >= 11 is 0. The third kappa shape index (κ3) is 13.2.